The first-order valence-corrected chi connectivity index (χ1v) is 6.56. The normalized spacial score (nSPS) is 13.2. The van der Waals surface area contributed by atoms with Crippen LogP contribution in [0, 0.1) is 18.3 Å². The average Bonchev–Trinajstić information content (AvgIpc) is 2.74. The van der Waals surface area contributed by atoms with E-state index in [2.05, 4.69) is 6.07 Å². The van der Waals surface area contributed by atoms with Crippen molar-refractivity contribution < 1.29 is 9.59 Å². The molecule has 3 rings (SSSR count). The Kier molecular flexibility index (Phi) is 3.03. The number of aryl methyl sites for hydroxylation is 1. The molecule has 0 spiro atoms. The summed E-state index contributed by atoms with van der Waals surface area (Å²) in [7, 11) is 0. The summed E-state index contributed by atoms with van der Waals surface area (Å²) < 4.78 is 0. The topological polar surface area (TPSA) is 61.2 Å². The minimum Gasteiger partial charge on any atom is -0.270 e. The molecule has 2 aromatic rings. The molecule has 0 saturated heterocycles. The van der Waals surface area contributed by atoms with Gasteiger partial charge in [-0.25, -0.2) is 0 Å². The summed E-state index contributed by atoms with van der Waals surface area (Å²) in [6.07, 6.45) is 0. The Bertz CT molecular complexity index is 768. The van der Waals surface area contributed by atoms with Crippen LogP contribution in [0.1, 0.15) is 37.4 Å². The van der Waals surface area contributed by atoms with Crippen molar-refractivity contribution in [1.82, 2.24) is 4.90 Å². The highest BCUT2D eigenvalue weighted by atomic mass is 16.2. The number of fused-ring (bicyclic) bond motifs is 1. The van der Waals surface area contributed by atoms with E-state index in [9.17, 15) is 9.59 Å². The zero-order valence-electron chi connectivity index (χ0n) is 11.5. The van der Waals surface area contributed by atoms with Crippen LogP contribution in [0.2, 0.25) is 0 Å². The van der Waals surface area contributed by atoms with Crippen molar-refractivity contribution in [2.75, 3.05) is 0 Å². The molecule has 0 fully saturated rings. The SMILES string of the molecule is Cc1cc(C#N)ccc1CN1C(=O)c2ccccc2C1=O. The fourth-order valence-corrected chi connectivity index (χ4v) is 2.50. The van der Waals surface area contributed by atoms with Gasteiger partial charge in [0.05, 0.1) is 29.3 Å². The van der Waals surface area contributed by atoms with Gasteiger partial charge in [-0.3, -0.25) is 14.5 Å². The molecule has 1 aliphatic rings. The minimum absolute atomic E-state index is 0.226. The predicted octanol–water partition coefficient (Wildman–Crippen LogP) is 2.66. The molecule has 0 aromatic heterocycles. The van der Waals surface area contributed by atoms with Crippen molar-refractivity contribution in [2.24, 2.45) is 0 Å². The van der Waals surface area contributed by atoms with Crippen molar-refractivity contribution in [1.29, 1.82) is 5.26 Å². The maximum atomic E-state index is 12.3. The zero-order chi connectivity index (χ0) is 15.0. The molecular formula is C17H12N2O2. The van der Waals surface area contributed by atoms with E-state index >= 15 is 0 Å². The second-order valence-corrected chi connectivity index (χ2v) is 5.00. The third kappa shape index (κ3) is 2.09. The van der Waals surface area contributed by atoms with E-state index in [1.807, 2.05) is 6.92 Å². The van der Waals surface area contributed by atoms with E-state index in [1.54, 1.807) is 42.5 Å². The van der Waals surface area contributed by atoms with E-state index < -0.39 is 0 Å². The third-order valence-corrected chi connectivity index (χ3v) is 3.68. The molecule has 0 atom stereocenters. The largest absolute Gasteiger partial charge is 0.270 e. The van der Waals surface area contributed by atoms with Crippen molar-refractivity contribution in [2.45, 2.75) is 13.5 Å². The van der Waals surface area contributed by atoms with Gasteiger partial charge >= 0.3 is 0 Å². The molecule has 1 aliphatic heterocycles. The summed E-state index contributed by atoms with van der Waals surface area (Å²) >= 11 is 0. The number of nitriles is 1. The number of rotatable bonds is 2. The molecule has 1 heterocycles. The number of hydrogen-bond donors (Lipinski definition) is 0. The van der Waals surface area contributed by atoms with Crippen molar-refractivity contribution in [3.8, 4) is 6.07 Å². The number of nitrogens with zero attached hydrogens (tertiary/aromatic N) is 2. The summed E-state index contributed by atoms with van der Waals surface area (Å²) in [6.45, 7) is 2.10. The molecule has 4 nitrogen and oxygen atoms in total. The Morgan fingerprint density at radius 1 is 1.05 bits per heavy atom. The van der Waals surface area contributed by atoms with Crippen LogP contribution in [0.3, 0.4) is 0 Å². The Balaban J connectivity index is 1.93. The van der Waals surface area contributed by atoms with Crippen LogP contribution >= 0.6 is 0 Å². The lowest BCUT2D eigenvalue weighted by Gasteiger charge is -2.15. The second kappa shape index (κ2) is 4.88. The summed E-state index contributed by atoms with van der Waals surface area (Å²) in [5.41, 5.74) is 3.23. The van der Waals surface area contributed by atoms with Crippen LogP contribution < -0.4 is 0 Å². The van der Waals surface area contributed by atoms with Gasteiger partial charge in [0.1, 0.15) is 0 Å². The van der Waals surface area contributed by atoms with Gasteiger partial charge in [-0.1, -0.05) is 18.2 Å². The number of imide groups is 1. The molecule has 0 unspecified atom stereocenters. The molecule has 0 aliphatic carbocycles. The number of carbonyl (C=O) groups excluding carboxylic acids is 2. The van der Waals surface area contributed by atoms with E-state index in [0.29, 0.717) is 16.7 Å². The first-order chi connectivity index (χ1) is 10.1. The van der Waals surface area contributed by atoms with Crippen LogP contribution in [-0.2, 0) is 6.54 Å². The minimum atomic E-state index is -0.264. The van der Waals surface area contributed by atoms with Gasteiger partial charge in [-0.2, -0.15) is 5.26 Å². The molecule has 0 N–H and O–H groups in total. The molecule has 2 amide bonds. The Morgan fingerprint density at radius 3 is 2.19 bits per heavy atom. The highest BCUT2D eigenvalue weighted by Gasteiger charge is 2.35. The van der Waals surface area contributed by atoms with Crippen molar-refractivity contribution in [3.63, 3.8) is 0 Å². The molecule has 102 valence electrons. The quantitative estimate of drug-likeness (QED) is 0.792. The van der Waals surface area contributed by atoms with E-state index in [-0.39, 0.29) is 18.4 Å². The maximum absolute atomic E-state index is 12.3. The second-order valence-electron chi connectivity index (χ2n) is 5.00. The van der Waals surface area contributed by atoms with Gasteiger partial charge in [0.15, 0.2) is 0 Å². The number of hydrogen-bond acceptors (Lipinski definition) is 3. The standard InChI is InChI=1S/C17H12N2O2/c1-11-8-12(9-18)6-7-13(11)10-19-16(20)14-4-2-3-5-15(14)17(19)21/h2-8H,10H2,1H3. The first kappa shape index (κ1) is 13.1. The van der Waals surface area contributed by atoms with Gasteiger partial charge in [0.2, 0.25) is 0 Å². The third-order valence-electron chi connectivity index (χ3n) is 3.68. The Morgan fingerprint density at radius 2 is 1.67 bits per heavy atom. The van der Waals surface area contributed by atoms with Gasteiger partial charge in [-0.05, 0) is 42.3 Å². The smallest absolute Gasteiger partial charge is 0.261 e. The Labute approximate surface area is 122 Å². The van der Waals surface area contributed by atoms with Crippen LogP contribution in [0.4, 0.5) is 0 Å². The predicted molar refractivity (Wildman–Crippen MR) is 76.5 cm³/mol. The zero-order valence-corrected chi connectivity index (χ0v) is 11.5. The lowest BCUT2D eigenvalue weighted by molar-refractivity contribution is 0.0642. The number of carbonyl (C=O) groups is 2. The fraction of sp³-hybridized carbons (Fsp3) is 0.118. The van der Waals surface area contributed by atoms with E-state index in [4.69, 9.17) is 5.26 Å². The van der Waals surface area contributed by atoms with Crippen LogP contribution in [0.15, 0.2) is 42.5 Å². The summed E-state index contributed by atoms with van der Waals surface area (Å²) in [6, 6.07) is 14.2. The molecule has 21 heavy (non-hydrogen) atoms. The van der Waals surface area contributed by atoms with E-state index in [0.717, 1.165) is 11.1 Å². The summed E-state index contributed by atoms with van der Waals surface area (Å²) in [5.74, 6) is -0.529. The van der Waals surface area contributed by atoms with E-state index in [1.165, 1.54) is 4.90 Å². The molecular weight excluding hydrogens is 264 g/mol. The lowest BCUT2D eigenvalue weighted by atomic mass is 10.1. The Hall–Kier alpha value is -2.93. The lowest BCUT2D eigenvalue weighted by Crippen LogP contribution is -2.29. The van der Waals surface area contributed by atoms with Crippen molar-refractivity contribution >= 4 is 11.8 Å². The highest BCUT2D eigenvalue weighted by Crippen LogP contribution is 2.25. The summed E-state index contributed by atoms with van der Waals surface area (Å²) in [4.78, 5) is 25.8. The monoisotopic (exact) mass is 276 g/mol. The molecule has 0 saturated carbocycles. The van der Waals surface area contributed by atoms with Crippen molar-refractivity contribution in [3.05, 3.63) is 70.3 Å². The molecule has 0 bridgehead atoms. The molecule has 0 radical (unpaired) electrons. The maximum Gasteiger partial charge on any atom is 0.261 e. The fourth-order valence-electron chi connectivity index (χ4n) is 2.50. The van der Waals surface area contributed by atoms with Crippen LogP contribution in [-0.4, -0.2) is 16.7 Å². The van der Waals surface area contributed by atoms with Gasteiger partial charge in [-0.15, -0.1) is 0 Å². The highest BCUT2D eigenvalue weighted by molar-refractivity contribution is 6.21. The first-order valence-electron chi connectivity index (χ1n) is 6.56. The average molecular weight is 276 g/mol. The molecule has 2 aromatic carbocycles. The molecule has 4 heteroatoms. The number of amides is 2. The number of benzene rings is 2. The van der Waals surface area contributed by atoms with Gasteiger partial charge in [0, 0.05) is 0 Å². The van der Waals surface area contributed by atoms with Crippen LogP contribution in [0.25, 0.3) is 0 Å². The summed E-state index contributed by atoms with van der Waals surface area (Å²) in [5, 5.41) is 8.87. The van der Waals surface area contributed by atoms with Gasteiger partial charge in [0.25, 0.3) is 11.8 Å². The van der Waals surface area contributed by atoms with Crippen LogP contribution in [0.5, 0.6) is 0 Å². The van der Waals surface area contributed by atoms with Gasteiger partial charge < -0.3 is 0 Å².